The number of rotatable bonds is 4. The summed E-state index contributed by atoms with van der Waals surface area (Å²) in [5.74, 6) is -0.926. The lowest BCUT2D eigenvalue weighted by Crippen LogP contribution is -2.57. The fourth-order valence-corrected chi connectivity index (χ4v) is 3.61. The van der Waals surface area contributed by atoms with E-state index in [2.05, 4.69) is 26.2 Å². The van der Waals surface area contributed by atoms with Crippen LogP contribution in [0.15, 0.2) is 22.9 Å². The molecule has 1 spiro atoms. The van der Waals surface area contributed by atoms with Crippen LogP contribution >= 0.6 is 15.9 Å². The second-order valence-corrected chi connectivity index (χ2v) is 6.96. The van der Waals surface area contributed by atoms with Crippen LogP contribution in [-0.4, -0.2) is 35.8 Å². The topological polar surface area (TPSA) is 71.5 Å². The number of pyridine rings is 1. The van der Waals surface area contributed by atoms with Gasteiger partial charge < -0.3 is 15.2 Å². The van der Waals surface area contributed by atoms with Crippen LogP contribution in [0.5, 0.6) is 0 Å². The number of aliphatic carboxylic acids is 1. The zero-order valence-corrected chi connectivity index (χ0v) is 13.4. The first-order chi connectivity index (χ1) is 10.0. The van der Waals surface area contributed by atoms with Crippen LogP contribution in [-0.2, 0) is 15.1 Å². The summed E-state index contributed by atoms with van der Waals surface area (Å²) in [6.45, 7) is 1.88. The molecule has 0 radical (unpaired) electrons. The predicted molar refractivity (Wildman–Crippen MR) is 81.0 cm³/mol. The number of aromatic nitrogens is 1. The molecule has 1 saturated heterocycles. The van der Waals surface area contributed by atoms with Gasteiger partial charge in [-0.2, -0.15) is 0 Å². The molecule has 114 valence electrons. The first-order valence-corrected chi connectivity index (χ1v) is 8.02. The van der Waals surface area contributed by atoms with Gasteiger partial charge in [-0.1, -0.05) is 6.07 Å². The van der Waals surface area contributed by atoms with Crippen molar-refractivity contribution < 1.29 is 14.6 Å². The quantitative estimate of drug-likeness (QED) is 0.811. The van der Waals surface area contributed by atoms with Crippen LogP contribution in [0.1, 0.15) is 31.2 Å². The van der Waals surface area contributed by atoms with Crippen LogP contribution < -0.4 is 5.32 Å². The number of hydrogen-bond donors (Lipinski definition) is 2. The average Bonchev–Trinajstić information content (AvgIpc) is 2.45. The number of hydrogen-bond acceptors (Lipinski definition) is 4. The highest BCUT2D eigenvalue weighted by Gasteiger charge is 2.47. The molecule has 0 amide bonds. The van der Waals surface area contributed by atoms with Gasteiger partial charge in [0.2, 0.25) is 0 Å². The van der Waals surface area contributed by atoms with Crippen molar-refractivity contribution in [2.24, 2.45) is 5.41 Å². The van der Waals surface area contributed by atoms with Gasteiger partial charge in [-0.3, -0.25) is 0 Å². The van der Waals surface area contributed by atoms with Crippen LogP contribution in [0, 0.1) is 5.41 Å². The Morgan fingerprint density at radius 1 is 1.33 bits per heavy atom. The van der Waals surface area contributed by atoms with Crippen molar-refractivity contribution in [2.45, 2.75) is 31.3 Å². The Hall–Kier alpha value is -0.980. The molecule has 0 bridgehead atoms. The van der Waals surface area contributed by atoms with Gasteiger partial charge in [0, 0.05) is 24.8 Å². The monoisotopic (exact) mass is 354 g/mol. The molecule has 6 heteroatoms. The maximum absolute atomic E-state index is 10.9. The first kappa shape index (κ1) is 14.9. The maximum atomic E-state index is 10.9. The Balaban J connectivity index is 1.81. The molecule has 0 atom stereocenters. The van der Waals surface area contributed by atoms with E-state index in [0.29, 0.717) is 5.41 Å². The van der Waals surface area contributed by atoms with Gasteiger partial charge in [-0.25, -0.2) is 9.78 Å². The molecule has 2 N–H and O–H groups in total. The van der Waals surface area contributed by atoms with Gasteiger partial charge in [0.1, 0.15) is 11.2 Å². The predicted octanol–water partition coefficient (Wildman–Crippen LogP) is 2.30. The van der Waals surface area contributed by atoms with Crippen LogP contribution in [0.3, 0.4) is 0 Å². The summed E-state index contributed by atoms with van der Waals surface area (Å²) in [6, 6.07) is 3.87. The molecule has 2 heterocycles. The van der Waals surface area contributed by atoms with E-state index in [9.17, 15) is 4.79 Å². The van der Waals surface area contributed by atoms with Crippen LogP contribution in [0.25, 0.3) is 0 Å². The maximum Gasteiger partial charge on any atom is 0.329 e. The lowest BCUT2D eigenvalue weighted by atomic mass is 9.64. The summed E-state index contributed by atoms with van der Waals surface area (Å²) in [4.78, 5) is 15.2. The zero-order chi connectivity index (χ0) is 14.9. The van der Waals surface area contributed by atoms with E-state index in [4.69, 9.17) is 9.84 Å². The molecule has 2 aliphatic rings. The second-order valence-electron chi connectivity index (χ2n) is 6.15. The van der Waals surface area contributed by atoms with Crippen molar-refractivity contribution in [3.63, 3.8) is 0 Å². The molecule has 2 fully saturated rings. The Morgan fingerprint density at radius 3 is 2.52 bits per heavy atom. The van der Waals surface area contributed by atoms with E-state index < -0.39 is 11.6 Å². The third-order valence-electron chi connectivity index (χ3n) is 4.84. The lowest BCUT2D eigenvalue weighted by molar-refractivity contribution is -0.157. The van der Waals surface area contributed by atoms with Gasteiger partial charge in [0.25, 0.3) is 0 Å². The third kappa shape index (κ3) is 2.98. The average molecular weight is 355 g/mol. The third-order valence-corrected chi connectivity index (χ3v) is 5.31. The molecule has 5 nitrogen and oxygen atoms in total. The first-order valence-electron chi connectivity index (χ1n) is 7.22. The fourth-order valence-electron chi connectivity index (χ4n) is 3.38. The SMILES string of the molecule is O=C(O)COC1(c2ccc(Br)nc2)CCC2(CC1)CNC2. The van der Waals surface area contributed by atoms with Gasteiger partial charge in [0.15, 0.2) is 0 Å². The number of nitrogens with one attached hydrogen (secondary N) is 1. The van der Waals surface area contributed by atoms with Crippen molar-refractivity contribution in [1.82, 2.24) is 10.3 Å². The summed E-state index contributed by atoms with van der Waals surface area (Å²) in [5.41, 5.74) is 0.875. The molecule has 1 aliphatic heterocycles. The van der Waals surface area contributed by atoms with Crippen molar-refractivity contribution >= 4 is 21.9 Å². The number of carboxylic acid groups (broad SMARTS) is 1. The summed E-state index contributed by atoms with van der Waals surface area (Å²) in [6.07, 6.45) is 5.63. The van der Waals surface area contributed by atoms with Gasteiger partial charge in [-0.05, 0) is 53.1 Å². The number of halogens is 1. The van der Waals surface area contributed by atoms with Gasteiger partial charge in [0.05, 0.1) is 5.60 Å². The molecule has 3 rings (SSSR count). The number of nitrogens with zero attached hydrogens (tertiary/aromatic N) is 1. The Kier molecular flexibility index (Phi) is 4.03. The Labute approximate surface area is 132 Å². The minimum absolute atomic E-state index is 0.263. The molecule has 21 heavy (non-hydrogen) atoms. The van der Waals surface area contributed by atoms with E-state index in [1.54, 1.807) is 6.20 Å². The van der Waals surface area contributed by atoms with Gasteiger partial charge >= 0.3 is 5.97 Å². The standard InChI is InChI=1S/C15H19BrN2O3/c16-12-2-1-11(7-18-12)15(21-8-13(19)20)5-3-14(4-6-15)9-17-10-14/h1-2,7,17H,3-6,8-10H2,(H,19,20). The molecule has 1 aromatic rings. The highest BCUT2D eigenvalue weighted by atomic mass is 79.9. The number of carbonyl (C=O) groups is 1. The summed E-state index contributed by atoms with van der Waals surface area (Å²) in [7, 11) is 0. The minimum atomic E-state index is -0.926. The smallest absolute Gasteiger partial charge is 0.329 e. The molecular weight excluding hydrogens is 336 g/mol. The molecule has 0 aromatic carbocycles. The molecule has 1 aliphatic carbocycles. The van der Waals surface area contributed by atoms with Crippen molar-refractivity contribution in [3.8, 4) is 0 Å². The largest absolute Gasteiger partial charge is 0.480 e. The van der Waals surface area contributed by atoms with E-state index in [1.807, 2.05) is 12.1 Å². The zero-order valence-electron chi connectivity index (χ0n) is 11.8. The number of carboxylic acids is 1. The Morgan fingerprint density at radius 2 is 2.05 bits per heavy atom. The van der Waals surface area contributed by atoms with Crippen molar-refractivity contribution in [1.29, 1.82) is 0 Å². The minimum Gasteiger partial charge on any atom is -0.480 e. The van der Waals surface area contributed by atoms with Crippen LogP contribution in [0.4, 0.5) is 0 Å². The summed E-state index contributed by atoms with van der Waals surface area (Å²) >= 11 is 3.33. The van der Waals surface area contributed by atoms with Gasteiger partial charge in [-0.15, -0.1) is 0 Å². The van der Waals surface area contributed by atoms with Crippen LogP contribution in [0.2, 0.25) is 0 Å². The van der Waals surface area contributed by atoms with E-state index in [1.165, 1.54) is 0 Å². The molecule has 1 aromatic heterocycles. The fraction of sp³-hybridized carbons (Fsp3) is 0.600. The van der Waals surface area contributed by atoms with E-state index in [-0.39, 0.29) is 6.61 Å². The van der Waals surface area contributed by atoms with Crippen molar-refractivity contribution in [3.05, 3.63) is 28.5 Å². The van der Waals surface area contributed by atoms with Crippen molar-refractivity contribution in [2.75, 3.05) is 19.7 Å². The normalized spacial score (nSPS) is 22.7. The highest BCUT2D eigenvalue weighted by Crippen LogP contribution is 2.49. The molecule has 0 unspecified atom stereocenters. The molecular formula is C15H19BrN2O3. The van der Waals surface area contributed by atoms with E-state index in [0.717, 1.165) is 48.9 Å². The summed E-state index contributed by atoms with van der Waals surface area (Å²) < 4.78 is 6.62. The number of ether oxygens (including phenoxy) is 1. The Bertz CT molecular complexity index is 518. The van der Waals surface area contributed by atoms with E-state index >= 15 is 0 Å². The molecule has 1 saturated carbocycles. The second kappa shape index (κ2) is 5.66. The summed E-state index contributed by atoms with van der Waals surface area (Å²) in [5, 5.41) is 12.3. The highest BCUT2D eigenvalue weighted by molar-refractivity contribution is 9.10. The lowest BCUT2D eigenvalue weighted by Gasteiger charge is -2.51.